The number of rotatable bonds is 3. The van der Waals surface area contributed by atoms with Crippen molar-refractivity contribution in [1.82, 2.24) is 10.3 Å². The average Bonchev–Trinajstić information content (AvgIpc) is 2.80. The zero-order valence-electron chi connectivity index (χ0n) is 11.5. The molecule has 0 unspecified atom stereocenters. The first-order valence-corrected chi connectivity index (χ1v) is 6.98. The van der Waals surface area contributed by atoms with Crippen molar-refractivity contribution in [2.24, 2.45) is 0 Å². The third-order valence-corrected chi connectivity index (χ3v) is 3.50. The summed E-state index contributed by atoms with van der Waals surface area (Å²) in [6, 6.07) is 2.12. The van der Waals surface area contributed by atoms with Gasteiger partial charge in [-0.3, -0.25) is 0 Å². The molecule has 2 rings (SSSR count). The zero-order valence-corrected chi connectivity index (χ0v) is 12.2. The highest BCUT2D eigenvalue weighted by atomic mass is 35.5. The summed E-state index contributed by atoms with van der Waals surface area (Å²) in [5, 5.41) is 4.21. The highest BCUT2D eigenvalue weighted by molar-refractivity contribution is 6.31. The molecule has 100 valence electrons. The van der Waals surface area contributed by atoms with Crippen LogP contribution in [0.5, 0.6) is 0 Å². The molecule has 1 aromatic rings. The van der Waals surface area contributed by atoms with Gasteiger partial charge >= 0.3 is 0 Å². The molecule has 0 atom stereocenters. The summed E-state index contributed by atoms with van der Waals surface area (Å²) in [5.41, 5.74) is 1.23. The number of nitrogens with zero attached hydrogens (tertiary/aromatic N) is 2. The van der Waals surface area contributed by atoms with Crippen molar-refractivity contribution >= 4 is 17.4 Å². The maximum Gasteiger partial charge on any atom is 0.128 e. The standard InChI is InChI=1S/C14H22ClN3/c1-14(2,3)17-9-11-8-13(16-10-12(11)15)18-6-4-5-7-18/h8,10,17H,4-7,9H2,1-3H3. The zero-order chi connectivity index (χ0) is 13.2. The maximum absolute atomic E-state index is 6.21. The summed E-state index contributed by atoms with van der Waals surface area (Å²) in [6.07, 6.45) is 4.30. The van der Waals surface area contributed by atoms with Gasteiger partial charge in [0.25, 0.3) is 0 Å². The van der Waals surface area contributed by atoms with E-state index >= 15 is 0 Å². The summed E-state index contributed by atoms with van der Waals surface area (Å²) in [5.74, 6) is 1.06. The highest BCUT2D eigenvalue weighted by Gasteiger charge is 2.16. The van der Waals surface area contributed by atoms with Gasteiger partial charge in [0.2, 0.25) is 0 Å². The van der Waals surface area contributed by atoms with Crippen molar-refractivity contribution in [3.63, 3.8) is 0 Å². The van der Waals surface area contributed by atoms with E-state index in [1.807, 2.05) is 0 Å². The Morgan fingerprint density at radius 1 is 1.33 bits per heavy atom. The lowest BCUT2D eigenvalue weighted by Crippen LogP contribution is -2.35. The smallest absolute Gasteiger partial charge is 0.128 e. The van der Waals surface area contributed by atoms with Gasteiger partial charge in [-0.05, 0) is 45.2 Å². The molecule has 0 aromatic carbocycles. The van der Waals surface area contributed by atoms with Crippen LogP contribution in [-0.2, 0) is 6.54 Å². The van der Waals surface area contributed by atoms with Crippen LogP contribution in [-0.4, -0.2) is 23.6 Å². The fourth-order valence-corrected chi connectivity index (χ4v) is 2.25. The van der Waals surface area contributed by atoms with E-state index in [0.29, 0.717) is 0 Å². The molecule has 1 saturated heterocycles. The highest BCUT2D eigenvalue weighted by Crippen LogP contribution is 2.23. The summed E-state index contributed by atoms with van der Waals surface area (Å²) in [4.78, 5) is 6.76. The van der Waals surface area contributed by atoms with E-state index in [2.05, 4.69) is 42.0 Å². The Kier molecular flexibility index (Phi) is 4.13. The fraction of sp³-hybridized carbons (Fsp3) is 0.643. The van der Waals surface area contributed by atoms with Crippen LogP contribution in [0.15, 0.2) is 12.3 Å². The Hall–Kier alpha value is -0.800. The van der Waals surface area contributed by atoms with Crippen LogP contribution in [0.4, 0.5) is 5.82 Å². The van der Waals surface area contributed by atoms with Crippen LogP contribution >= 0.6 is 11.6 Å². The summed E-state index contributed by atoms with van der Waals surface area (Å²) < 4.78 is 0. The molecule has 0 aliphatic carbocycles. The fourth-order valence-electron chi connectivity index (χ4n) is 2.08. The average molecular weight is 268 g/mol. The molecule has 0 bridgehead atoms. The van der Waals surface area contributed by atoms with E-state index in [1.54, 1.807) is 6.20 Å². The lowest BCUT2D eigenvalue weighted by molar-refractivity contribution is 0.424. The minimum absolute atomic E-state index is 0.0976. The quantitative estimate of drug-likeness (QED) is 0.911. The van der Waals surface area contributed by atoms with Gasteiger partial charge < -0.3 is 10.2 Å². The minimum atomic E-state index is 0.0976. The van der Waals surface area contributed by atoms with Gasteiger partial charge in [-0.1, -0.05) is 11.6 Å². The number of pyridine rings is 1. The Bertz CT molecular complexity index is 406. The number of nitrogens with one attached hydrogen (secondary N) is 1. The Balaban J connectivity index is 2.11. The van der Waals surface area contributed by atoms with Gasteiger partial charge in [0.05, 0.1) is 5.02 Å². The number of hydrogen-bond acceptors (Lipinski definition) is 3. The molecule has 1 N–H and O–H groups in total. The summed E-state index contributed by atoms with van der Waals surface area (Å²) in [7, 11) is 0. The molecule has 0 radical (unpaired) electrons. The second-order valence-electron chi connectivity index (χ2n) is 5.93. The molecule has 3 nitrogen and oxygen atoms in total. The molecular weight excluding hydrogens is 246 g/mol. The first-order chi connectivity index (χ1) is 8.46. The Labute approximate surface area is 115 Å². The molecule has 0 amide bonds. The third kappa shape index (κ3) is 3.59. The molecule has 1 aromatic heterocycles. The number of hydrogen-bond donors (Lipinski definition) is 1. The Morgan fingerprint density at radius 3 is 2.61 bits per heavy atom. The van der Waals surface area contributed by atoms with Crippen LogP contribution in [0, 0.1) is 0 Å². The molecule has 18 heavy (non-hydrogen) atoms. The van der Waals surface area contributed by atoms with E-state index in [1.165, 1.54) is 12.8 Å². The van der Waals surface area contributed by atoms with Crippen molar-refractivity contribution < 1.29 is 0 Å². The van der Waals surface area contributed by atoms with Gasteiger partial charge in [0, 0.05) is 31.4 Å². The number of anilines is 1. The molecule has 4 heteroatoms. The van der Waals surface area contributed by atoms with Gasteiger partial charge in [-0.15, -0.1) is 0 Å². The normalized spacial score (nSPS) is 16.3. The van der Waals surface area contributed by atoms with Crippen LogP contribution in [0.25, 0.3) is 0 Å². The molecule has 1 aliphatic heterocycles. The van der Waals surface area contributed by atoms with E-state index in [0.717, 1.165) is 36.0 Å². The molecule has 1 fully saturated rings. The van der Waals surface area contributed by atoms with E-state index in [-0.39, 0.29) is 5.54 Å². The first-order valence-electron chi connectivity index (χ1n) is 6.60. The van der Waals surface area contributed by atoms with Crippen LogP contribution in [0.3, 0.4) is 0 Å². The predicted octanol–water partition coefficient (Wildman–Crippen LogP) is 3.22. The largest absolute Gasteiger partial charge is 0.357 e. The van der Waals surface area contributed by atoms with E-state index in [9.17, 15) is 0 Å². The second kappa shape index (κ2) is 5.45. The second-order valence-corrected chi connectivity index (χ2v) is 6.34. The summed E-state index contributed by atoms with van der Waals surface area (Å²) >= 11 is 6.21. The van der Waals surface area contributed by atoms with Gasteiger partial charge in [0.15, 0.2) is 0 Å². The minimum Gasteiger partial charge on any atom is -0.357 e. The topological polar surface area (TPSA) is 28.2 Å². The predicted molar refractivity (Wildman–Crippen MR) is 77.3 cm³/mol. The van der Waals surface area contributed by atoms with Crippen molar-refractivity contribution in [2.75, 3.05) is 18.0 Å². The van der Waals surface area contributed by atoms with E-state index in [4.69, 9.17) is 11.6 Å². The van der Waals surface area contributed by atoms with E-state index < -0.39 is 0 Å². The maximum atomic E-state index is 6.21. The van der Waals surface area contributed by atoms with Gasteiger partial charge in [0.1, 0.15) is 5.82 Å². The molecular formula is C14H22ClN3. The third-order valence-electron chi connectivity index (χ3n) is 3.16. The lowest BCUT2D eigenvalue weighted by atomic mass is 10.1. The van der Waals surface area contributed by atoms with Crippen molar-refractivity contribution in [1.29, 1.82) is 0 Å². The Morgan fingerprint density at radius 2 is 2.00 bits per heavy atom. The number of halogens is 1. The van der Waals surface area contributed by atoms with Crippen molar-refractivity contribution in [2.45, 2.75) is 45.7 Å². The molecule has 2 heterocycles. The molecule has 0 saturated carbocycles. The van der Waals surface area contributed by atoms with Crippen LogP contribution in [0.1, 0.15) is 39.2 Å². The van der Waals surface area contributed by atoms with Crippen molar-refractivity contribution in [3.8, 4) is 0 Å². The SMILES string of the molecule is CC(C)(C)NCc1cc(N2CCCC2)ncc1Cl. The molecule has 0 spiro atoms. The van der Waals surface area contributed by atoms with Gasteiger partial charge in [-0.2, -0.15) is 0 Å². The van der Waals surface area contributed by atoms with Crippen LogP contribution in [0.2, 0.25) is 5.02 Å². The van der Waals surface area contributed by atoms with Crippen LogP contribution < -0.4 is 10.2 Å². The number of aromatic nitrogens is 1. The summed E-state index contributed by atoms with van der Waals surface area (Å²) in [6.45, 7) is 9.48. The molecule has 1 aliphatic rings. The lowest BCUT2D eigenvalue weighted by Gasteiger charge is -2.22. The monoisotopic (exact) mass is 267 g/mol. The van der Waals surface area contributed by atoms with Gasteiger partial charge in [-0.25, -0.2) is 4.98 Å². The van der Waals surface area contributed by atoms with Crippen molar-refractivity contribution in [3.05, 3.63) is 22.8 Å². The first kappa shape index (κ1) is 13.6.